The van der Waals surface area contributed by atoms with Gasteiger partial charge in [0.1, 0.15) is 11.6 Å². The van der Waals surface area contributed by atoms with Gasteiger partial charge in [0.15, 0.2) is 0 Å². The van der Waals surface area contributed by atoms with Gasteiger partial charge in [0, 0.05) is 6.54 Å². The molecule has 1 heterocycles. The fraction of sp³-hybridized carbons (Fsp3) is 0.231. The smallest absolute Gasteiger partial charge is 0.314 e. The summed E-state index contributed by atoms with van der Waals surface area (Å²) >= 11 is 0. The Balaban J connectivity index is 2.24. The van der Waals surface area contributed by atoms with Crippen molar-refractivity contribution in [1.29, 1.82) is 0 Å². The van der Waals surface area contributed by atoms with Crippen LogP contribution < -0.4 is 10.1 Å². The van der Waals surface area contributed by atoms with Crippen molar-refractivity contribution in [3.8, 4) is 11.6 Å². The van der Waals surface area contributed by atoms with E-state index in [9.17, 15) is 14.5 Å². The van der Waals surface area contributed by atoms with Crippen LogP contribution in [-0.4, -0.2) is 21.4 Å². The SMILES string of the molecule is CCCNc1cncc(Oc2ccc(F)cc2[N+](=O)[O-])n1. The minimum Gasteiger partial charge on any atom is -0.430 e. The molecule has 0 aliphatic heterocycles. The summed E-state index contributed by atoms with van der Waals surface area (Å²) in [6.45, 7) is 2.72. The number of ether oxygens (including phenoxy) is 1. The maximum absolute atomic E-state index is 13.1. The van der Waals surface area contributed by atoms with Crippen molar-refractivity contribution in [3.63, 3.8) is 0 Å². The number of anilines is 1. The molecule has 0 fully saturated rings. The maximum atomic E-state index is 13.1. The molecule has 21 heavy (non-hydrogen) atoms. The third-order valence-corrected chi connectivity index (χ3v) is 2.50. The zero-order valence-electron chi connectivity index (χ0n) is 11.2. The highest BCUT2D eigenvalue weighted by atomic mass is 19.1. The van der Waals surface area contributed by atoms with Gasteiger partial charge in [-0.1, -0.05) is 6.92 Å². The molecule has 1 N–H and O–H groups in total. The van der Waals surface area contributed by atoms with Gasteiger partial charge in [-0.05, 0) is 18.6 Å². The highest BCUT2D eigenvalue weighted by Gasteiger charge is 2.17. The first-order valence-corrected chi connectivity index (χ1v) is 6.28. The molecule has 110 valence electrons. The average Bonchev–Trinajstić information content (AvgIpc) is 2.47. The van der Waals surface area contributed by atoms with E-state index in [4.69, 9.17) is 4.74 Å². The summed E-state index contributed by atoms with van der Waals surface area (Å²) in [5.74, 6) is -0.216. The lowest BCUT2D eigenvalue weighted by Crippen LogP contribution is -2.03. The Kier molecular flexibility index (Phi) is 4.60. The summed E-state index contributed by atoms with van der Waals surface area (Å²) in [6, 6.07) is 3.05. The molecule has 0 saturated heterocycles. The molecule has 1 aromatic heterocycles. The van der Waals surface area contributed by atoms with Gasteiger partial charge >= 0.3 is 5.69 Å². The normalized spacial score (nSPS) is 10.2. The van der Waals surface area contributed by atoms with Crippen molar-refractivity contribution >= 4 is 11.5 Å². The third kappa shape index (κ3) is 3.85. The van der Waals surface area contributed by atoms with Crippen LogP contribution in [0.25, 0.3) is 0 Å². The van der Waals surface area contributed by atoms with Gasteiger partial charge in [0.2, 0.25) is 11.6 Å². The molecular weight excluding hydrogens is 279 g/mol. The van der Waals surface area contributed by atoms with Crippen LogP contribution in [0, 0.1) is 15.9 Å². The monoisotopic (exact) mass is 292 g/mol. The molecule has 0 bridgehead atoms. The van der Waals surface area contributed by atoms with E-state index in [0.29, 0.717) is 5.82 Å². The molecule has 2 aromatic rings. The van der Waals surface area contributed by atoms with Crippen LogP contribution in [0.2, 0.25) is 0 Å². The van der Waals surface area contributed by atoms with Crippen molar-refractivity contribution in [3.05, 3.63) is 46.5 Å². The number of halogens is 1. The molecule has 0 aliphatic carbocycles. The standard InChI is InChI=1S/C13H13FN4O3/c1-2-5-16-12-7-15-8-13(17-12)21-11-4-3-9(14)6-10(11)18(19)20/h3-4,6-8H,2,5H2,1H3,(H,16,17). The number of rotatable bonds is 6. The van der Waals surface area contributed by atoms with Crippen molar-refractivity contribution < 1.29 is 14.1 Å². The summed E-state index contributed by atoms with van der Waals surface area (Å²) in [6.07, 6.45) is 3.75. The van der Waals surface area contributed by atoms with Crippen LogP contribution in [0.1, 0.15) is 13.3 Å². The number of benzene rings is 1. The minimum absolute atomic E-state index is 0.0887. The lowest BCUT2D eigenvalue weighted by Gasteiger charge is -2.07. The van der Waals surface area contributed by atoms with E-state index in [1.807, 2.05) is 6.92 Å². The Labute approximate surface area is 120 Å². The summed E-state index contributed by atoms with van der Waals surface area (Å²) < 4.78 is 18.4. The number of nitrogens with zero attached hydrogens (tertiary/aromatic N) is 3. The number of nitro groups is 1. The highest BCUT2D eigenvalue weighted by Crippen LogP contribution is 2.31. The van der Waals surface area contributed by atoms with Crippen LogP contribution in [0.5, 0.6) is 11.6 Å². The Morgan fingerprint density at radius 3 is 2.95 bits per heavy atom. The second-order valence-corrected chi connectivity index (χ2v) is 4.14. The van der Waals surface area contributed by atoms with Crippen LogP contribution in [0.4, 0.5) is 15.9 Å². The van der Waals surface area contributed by atoms with Crippen molar-refractivity contribution in [2.24, 2.45) is 0 Å². The largest absolute Gasteiger partial charge is 0.430 e. The summed E-state index contributed by atoms with van der Waals surface area (Å²) in [4.78, 5) is 18.2. The van der Waals surface area contributed by atoms with E-state index in [1.165, 1.54) is 18.5 Å². The van der Waals surface area contributed by atoms with Gasteiger partial charge in [-0.3, -0.25) is 15.1 Å². The van der Waals surface area contributed by atoms with Gasteiger partial charge in [-0.2, -0.15) is 4.98 Å². The number of aromatic nitrogens is 2. The molecule has 0 saturated carbocycles. The number of hydrogen-bond acceptors (Lipinski definition) is 6. The van der Waals surface area contributed by atoms with Crippen molar-refractivity contribution in [1.82, 2.24) is 9.97 Å². The predicted octanol–water partition coefficient (Wildman–Crippen LogP) is 3.14. The molecule has 0 atom stereocenters. The van der Waals surface area contributed by atoms with Crippen molar-refractivity contribution in [2.45, 2.75) is 13.3 Å². The van der Waals surface area contributed by atoms with Gasteiger partial charge < -0.3 is 10.1 Å². The molecule has 2 rings (SSSR count). The van der Waals surface area contributed by atoms with Gasteiger partial charge in [0.25, 0.3) is 0 Å². The zero-order valence-corrected chi connectivity index (χ0v) is 11.2. The molecule has 1 aromatic carbocycles. The van der Waals surface area contributed by atoms with Crippen LogP contribution >= 0.6 is 0 Å². The maximum Gasteiger partial charge on any atom is 0.314 e. The Bertz CT molecular complexity index is 651. The zero-order chi connectivity index (χ0) is 15.2. The second-order valence-electron chi connectivity index (χ2n) is 4.14. The predicted molar refractivity (Wildman–Crippen MR) is 73.9 cm³/mol. The lowest BCUT2D eigenvalue weighted by molar-refractivity contribution is -0.385. The molecule has 0 radical (unpaired) electrons. The minimum atomic E-state index is -0.717. The molecule has 0 amide bonds. The van der Waals surface area contributed by atoms with E-state index in [1.54, 1.807) is 0 Å². The van der Waals surface area contributed by atoms with E-state index >= 15 is 0 Å². The third-order valence-electron chi connectivity index (χ3n) is 2.50. The first-order valence-electron chi connectivity index (χ1n) is 6.28. The molecule has 8 heteroatoms. The van der Waals surface area contributed by atoms with Crippen LogP contribution in [0.3, 0.4) is 0 Å². The first kappa shape index (κ1) is 14.6. The van der Waals surface area contributed by atoms with E-state index in [0.717, 1.165) is 25.1 Å². The highest BCUT2D eigenvalue weighted by molar-refractivity contribution is 5.48. The van der Waals surface area contributed by atoms with Gasteiger partial charge in [0.05, 0.1) is 23.4 Å². The topological polar surface area (TPSA) is 90.2 Å². The molecule has 0 aliphatic rings. The molecule has 0 spiro atoms. The Morgan fingerprint density at radius 2 is 2.24 bits per heavy atom. The van der Waals surface area contributed by atoms with Crippen LogP contribution in [0.15, 0.2) is 30.6 Å². The fourth-order valence-corrected chi connectivity index (χ4v) is 1.57. The van der Waals surface area contributed by atoms with Crippen LogP contribution in [-0.2, 0) is 0 Å². The number of nitro benzene ring substituents is 1. The summed E-state index contributed by atoms with van der Waals surface area (Å²) in [5.41, 5.74) is -0.469. The van der Waals surface area contributed by atoms with Crippen molar-refractivity contribution in [2.75, 3.05) is 11.9 Å². The second kappa shape index (κ2) is 6.60. The van der Waals surface area contributed by atoms with Gasteiger partial charge in [-0.15, -0.1) is 0 Å². The van der Waals surface area contributed by atoms with Gasteiger partial charge in [-0.25, -0.2) is 4.39 Å². The lowest BCUT2D eigenvalue weighted by atomic mass is 10.3. The first-order chi connectivity index (χ1) is 10.1. The quantitative estimate of drug-likeness (QED) is 0.649. The Hall–Kier alpha value is -2.77. The summed E-state index contributed by atoms with van der Waals surface area (Å²) in [7, 11) is 0. The van der Waals surface area contributed by atoms with E-state index < -0.39 is 16.4 Å². The van der Waals surface area contributed by atoms with E-state index in [2.05, 4.69) is 15.3 Å². The molecule has 0 unspecified atom stereocenters. The fourth-order valence-electron chi connectivity index (χ4n) is 1.57. The Morgan fingerprint density at radius 1 is 1.43 bits per heavy atom. The molecule has 7 nitrogen and oxygen atoms in total. The number of hydrogen-bond donors (Lipinski definition) is 1. The van der Waals surface area contributed by atoms with E-state index in [-0.39, 0.29) is 11.6 Å². The number of nitrogens with one attached hydrogen (secondary N) is 1. The molecular formula is C13H13FN4O3. The average molecular weight is 292 g/mol. The summed E-state index contributed by atoms with van der Waals surface area (Å²) in [5, 5.41) is 13.9.